The van der Waals surface area contributed by atoms with Crippen molar-refractivity contribution in [2.24, 2.45) is 5.92 Å². The second-order valence-electron chi connectivity index (χ2n) is 8.82. The lowest BCUT2D eigenvalue weighted by atomic mass is 9.92. The number of ketones is 1. The minimum atomic E-state index is -5.00. The van der Waals surface area contributed by atoms with Crippen molar-refractivity contribution in [3.05, 3.63) is 73.7 Å². The Kier molecular flexibility index (Phi) is 12.2. The van der Waals surface area contributed by atoms with Crippen LogP contribution in [0.1, 0.15) is 59.2 Å². The lowest BCUT2D eigenvalue weighted by Gasteiger charge is -2.19. The van der Waals surface area contributed by atoms with Gasteiger partial charge in [0.25, 0.3) is 0 Å². The largest absolute Gasteiger partial charge is 0.417 e. The van der Waals surface area contributed by atoms with Crippen molar-refractivity contribution in [3.63, 3.8) is 0 Å². The fourth-order valence-electron chi connectivity index (χ4n) is 3.65. The van der Waals surface area contributed by atoms with Crippen LogP contribution in [0.2, 0.25) is 15.1 Å². The van der Waals surface area contributed by atoms with Crippen LogP contribution in [-0.2, 0) is 6.18 Å². The molecular weight excluding hydrogens is 638 g/mol. The van der Waals surface area contributed by atoms with Crippen molar-refractivity contribution in [2.75, 3.05) is 11.5 Å². The van der Waals surface area contributed by atoms with Gasteiger partial charge in [0, 0.05) is 17.7 Å². The summed E-state index contributed by atoms with van der Waals surface area (Å²) in [4.78, 5) is 12.8. The molecule has 2 atom stereocenters. The Labute approximate surface area is 244 Å². The lowest BCUT2D eigenvalue weighted by Crippen LogP contribution is -2.19. The SMILES string of the molecule is CC[C@H](CSCCC(F)(F)F)CC(=O)c1ccc(/C=C/C(c2cc(Cl)c(Cl)c(Cl)c2)C(F)(F)F)cc1C(F)(F)F. The van der Waals surface area contributed by atoms with E-state index in [2.05, 4.69) is 0 Å². The third-order valence-corrected chi connectivity index (χ3v) is 8.18. The molecule has 0 aliphatic carbocycles. The zero-order valence-electron chi connectivity index (χ0n) is 20.6. The molecule has 0 aromatic heterocycles. The minimum absolute atomic E-state index is 0.151. The van der Waals surface area contributed by atoms with E-state index in [1.165, 1.54) is 0 Å². The minimum Gasteiger partial charge on any atom is -0.294 e. The third-order valence-electron chi connectivity index (χ3n) is 5.78. The van der Waals surface area contributed by atoms with Gasteiger partial charge in [-0.25, -0.2) is 0 Å². The van der Waals surface area contributed by atoms with Gasteiger partial charge in [-0.15, -0.1) is 0 Å². The van der Waals surface area contributed by atoms with Crippen molar-refractivity contribution in [2.45, 2.75) is 50.6 Å². The third kappa shape index (κ3) is 10.4. The second-order valence-corrected chi connectivity index (χ2v) is 11.2. The monoisotopic (exact) mass is 658 g/mol. The summed E-state index contributed by atoms with van der Waals surface area (Å²) < 4.78 is 120. The maximum atomic E-state index is 13.8. The Hall–Kier alpha value is -1.56. The molecule has 0 amide bonds. The van der Waals surface area contributed by atoms with Crippen LogP contribution >= 0.6 is 46.6 Å². The number of hydrogen-bond donors (Lipinski definition) is 0. The Morgan fingerprint density at radius 3 is 2.05 bits per heavy atom. The van der Waals surface area contributed by atoms with Crippen LogP contribution < -0.4 is 0 Å². The molecule has 0 aliphatic rings. The maximum Gasteiger partial charge on any atom is 0.417 e. The average Bonchev–Trinajstić information content (AvgIpc) is 2.82. The van der Waals surface area contributed by atoms with Gasteiger partial charge >= 0.3 is 18.5 Å². The van der Waals surface area contributed by atoms with Gasteiger partial charge in [-0.2, -0.15) is 51.3 Å². The van der Waals surface area contributed by atoms with Crippen LogP contribution in [0.5, 0.6) is 0 Å². The van der Waals surface area contributed by atoms with Crippen LogP contribution in [0, 0.1) is 5.92 Å². The smallest absolute Gasteiger partial charge is 0.294 e. The first kappa shape index (κ1) is 34.6. The molecule has 2 aromatic carbocycles. The van der Waals surface area contributed by atoms with E-state index in [9.17, 15) is 44.3 Å². The molecule has 0 aliphatic heterocycles. The van der Waals surface area contributed by atoms with Crippen molar-refractivity contribution in [1.82, 2.24) is 0 Å². The van der Waals surface area contributed by atoms with Gasteiger partial charge in [0.1, 0.15) is 0 Å². The summed E-state index contributed by atoms with van der Waals surface area (Å²) in [5, 5.41) is -0.631. The molecular formula is C26H22Cl3F9OS. The molecule has 0 saturated heterocycles. The highest BCUT2D eigenvalue weighted by Crippen LogP contribution is 2.41. The van der Waals surface area contributed by atoms with Crippen LogP contribution in [0.15, 0.2) is 36.4 Å². The second kappa shape index (κ2) is 14.1. The molecule has 0 saturated carbocycles. The first-order chi connectivity index (χ1) is 18.3. The van der Waals surface area contributed by atoms with Gasteiger partial charge in [-0.05, 0) is 41.0 Å². The van der Waals surface area contributed by atoms with E-state index < -0.39 is 53.7 Å². The Balaban J connectivity index is 2.32. The predicted octanol–water partition coefficient (Wildman–Crippen LogP) is 11.3. The van der Waals surface area contributed by atoms with Gasteiger partial charge in [0.05, 0.1) is 33.0 Å². The number of rotatable bonds is 11. The van der Waals surface area contributed by atoms with E-state index in [-0.39, 0.29) is 44.1 Å². The van der Waals surface area contributed by atoms with Gasteiger partial charge in [-0.1, -0.05) is 72.4 Å². The molecule has 0 fully saturated rings. The summed E-state index contributed by atoms with van der Waals surface area (Å²) in [7, 11) is 0. The van der Waals surface area contributed by atoms with E-state index in [0.29, 0.717) is 18.6 Å². The summed E-state index contributed by atoms with van der Waals surface area (Å²) in [5.41, 5.74) is -2.64. The number of halogens is 12. The van der Waals surface area contributed by atoms with Gasteiger partial charge in [0.15, 0.2) is 5.78 Å². The summed E-state index contributed by atoms with van der Waals surface area (Å²) in [6.07, 6.45) is -13.7. The van der Waals surface area contributed by atoms with Gasteiger partial charge in [-0.3, -0.25) is 4.79 Å². The van der Waals surface area contributed by atoms with E-state index in [0.717, 1.165) is 42.1 Å². The first-order valence-corrected chi connectivity index (χ1v) is 13.9. The van der Waals surface area contributed by atoms with Crippen molar-refractivity contribution in [3.8, 4) is 0 Å². The number of alkyl halides is 9. The molecule has 0 bridgehead atoms. The molecule has 14 heteroatoms. The molecule has 1 nitrogen and oxygen atoms in total. The molecule has 222 valence electrons. The average molecular weight is 660 g/mol. The Morgan fingerprint density at radius 1 is 0.950 bits per heavy atom. The van der Waals surface area contributed by atoms with Crippen molar-refractivity contribution >= 4 is 58.4 Å². The van der Waals surface area contributed by atoms with Crippen LogP contribution in [0.25, 0.3) is 6.08 Å². The van der Waals surface area contributed by atoms with E-state index in [1.54, 1.807) is 6.92 Å². The van der Waals surface area contributed by atoms with Gasteiger partial charge < -0.3 is 0 Å². The Bertz CT molecular complexity index is 1180. The van der Waals surface area contributed by atoms with Crippen molar-refractivity contribution in [1.29, 1.82) is 0 Å². The summed E-state index contributed by atoms with van der Waals surface area (Å²) in [6, 6.07) is 4.43. The summed E-state index contributed by atoms with van der Waals surface area (Å²) in [6.45, 7) is 1.67. The highest BCUT2D eigenvalue weighted by Gasteiger charge is 2.40. The quantitative estimate of drug-likeness (QED) is 0.103. The Morgan fingerprint density at radius 2 is 1.55 bits per heavy atom. The van der Waals surface area contributed by atoms with E-state index in [4.69, 9.17) is 34.8 Å². The number of hydrogen-bond acceptors (Lipinski definition) is 2. The number of carbonyl (C=O) groups is 1. The highest BCUT2D eigenvalue weighted by atomic mass is 35.5. The molecule has 2 rings (SSSR count). The molecule has 0 radical (unpaired) electrons. The molecule has 0 N–H and O–H groups in total. The molecule has 0 spiro atoms. The standard InChI is InChI=1S/C26H22Cl3F9OS/c1-2-14(13-40-8-7-24(30,31)32)10-22(39)17-5-3-15(9-19(17)26(36,37)38)4-6-18(25(33,34)35)16-11-20(27)23(29)21(28)12-16/h3-6,9,11-12,14,18H,2,7-8,10,13H2,1H3/b6-4+/t14-,18?/m0/s1. The molecule has 40 heavy (non-hydrogen) atoms. The number of allylic oxidation sites excluding steroid dienone is 1. The lowest BCUT2D eigenvalue weighted by molar-refractivity contribution is -0.139. The first-order valence-electron chi connectivity index (χ1n) is 11.6. The number of Topliss-reactive ketones (excluding diaryl/α,β-unsaturated/α-hetero) is 1. The zero-order valence-corrected chi connectivity index (χ0v) is 23.7. The predicted molar refractivity (Wildman–Crippen MR) is 141 cm³/mol. The molecule has 2 aromatic rings. The molecule has 0 heterocycles. The maximum absolute atomic E-state index is 13.8. The summed E-state index contributed by atoms with van der Waals surface area (Å²) in [5.74, 6) is -3.70. The van der Waals surface area contributed by atoms with Crippen LogP contribution in [0.4, 0.5) is 39.5 Å². The number of benzene rings is 2. The number of carbonyl (C=O) groups excluding carboxylic acids is 1. The van der Waals surface area contributed by atoms with E-state index >= 15 is 0 Å². The number of thioether (sulfide) groups is 1. The fraction of sp³-hybridized carbons (Fsp3) is 0.423. The topological polar surface area (TPSA) is 17.1 Å². The van der Waals surface area contributed by atoms with Crippen LogP contribution in [-0.4, -0.2) is 29.6 Å². The van der Waals surface area contributed by atoms with E-state index in [1.807, 2.05) is 0 Å². The summed E-state index contributed by atoms with van der Waals surface area (Å²) >= 11 is 18.4. The van der Waals surface area contributed by atoms with Crippen molar-refractivity contribution < 1.29 is 44.3 Å². The fourth-order valence-corrected chi connectivity index (χ4v) is 5.49. The highest BCUT2D eigenvalue weighted by molar-refractivity contribution is 7.99. The molecule has 1 unspecified atom stereocenters. The normalized spacial score (nSPS) is 14.5. The van der Waals surface area contributed by atoms with Crippen LogP contribution in [0.3, 0.4) is 0 Å². The van der Waals surface area contributed by atoms with Gasteiger partial charge in [0.2, 0.25) is 0 Å². The zero-order chi connectivity index (χ0) is 30.5.